The molecular weight excluding hydrogens is 704 g/mol. The van der Waals surface area contributed by atoms with Crippen LogP contribution < -0.4 is 0 Å². The van der Waals surface area contributed by atoms with E-state index >= 15 is 0 Å². The van der Waals surface area contributed by atoms with E-state index in [4.69, 9.17) is 13.7 Å². The molecule has 1 unspecified atom stereocenters. The third-order valence-electron chi connectivity index (χ3n) is 8.25. The van der Waals surface area contributed by atoms with Crippen molar-refractivity contribution in [3.05, 3.63) is 30.3 Å². The average molecular weight is 772 g/mol. The molecule has 1 rings (SSSR count). The van der Waals surface area contributed by atoms with E-state index in [1.807, 2.05) is 0 Å². The van der Waals surface area contributed by atoms with Gasteiger partial charge < -0.3 is 9.47 Å². The molecule has 1 aromatic carbocycles. The van der Waals surface area contributed by atoms with E-state index in [-0.39, 0.29) is 54.3 Å². The number of unbranched alkanes of at least 4 members (excludes halogenated alkanes) is 19. The summed E-state index contributed by atoms with van der Waals surface area (Å²) >= 11 is 0. The Morgan fingerprint density at radius 3 is 1.35 bits per heavy atom. The normalized spacial score (nSPS) is 11.9. The van der Waals surface area contributed by atoms with Crippen LogP contribution in [0.5, 0.6) is 0 Å². The van der Waals surface area contributed by atoms with E-state index in [9.17, 15) is 31.0 Å². The Morgan fingerprint density at radius 2 is 0.941 bits per heavy atom. The van der Waals surface area contributed by atoms with Crippen LogP contribution in [0.25, 0.3) is 0 Å². The predicted molar refractivity (Wildman–Crippen MR) is 206 cm³/mol. The van der Waals surface area contributed by atoms with Crippen LogP contribution in [0.4, 0.5) is 0 Å². The number of rotatable bonds is 31. The van der Waals surface area contributed by atoms with Gasteiger partial charge in [-0.05, 0) is 31.4 Å². The topological polar surface area (TPSA) is 150 Å². The molecule has 0 saturated heterocycles. The fraction of sp³-hybridized carbons (Fsp3) is 0.789. The molecule has 0 aliphatic heterocycles. The zero-order valence-corrected chi connectivity index (χ0v) is 35.9. The molecule has 1 radical (unpaired) electrons. The van der Waals surface area contributed by atoms with Gasteiger partial charge in [-0.15, -0.1) is 0 Å². The fourth-order valence-corrected chi connectivity index (χ4v) is 6.77. The van der Waals surface area contributed by atoms with Crippen molar-refractivity contribution in [1.82, 2.24) is 0 Å². The number of hydrogen-bond donors (Lipinski definition) is 1. The van der Waals surface area contributed by atoms with Crippen LogP contribution in [0.2, 0.25) is 0 Å². The van der Waals surface area contributed by atoms with E-state index in [2.05, 4.69) is 20.8 Å². The molecular formula is C38H68NaO10S2. The van der Waals surface area contributed by atoms with Gasteiger partial charge in [-0.2, -0.15) is 16.8 Å². The molecule has 0 saturated carbocycles. The van der Waals surface area contributed by atoms with Gasteiger partial charge in [0, 0.05) is 29.6 Å². The summed E-state index contributed by atoms with van der Waals surface area (Å²) < 4.78 is 70.8. The maximum absolute atomic E-state index is 12.0. The zero-order valence-electron chi connectivity index (χ0n) is 32.3. The minimum atomic E-state index is -4.73. The van der Waals surface area contributed by atoms with Gasteiger partial charge in [-0.25, -0.2) is 0 Å². The summed E-state index contributed by atoms with van der Waals surface area (Å²) in [5.74, 6) is -1.93. The van der Waals surface area contributed by atoms with Crippen LogP contribution in [0.1, 0.15) is 168 Å². The molecule has 0 spiro atoms. The van der Waals surface area contributed by atoms with Crippen molar-refractivity contribution in [1.29, 1.82) is 0 Å². The second-order valence-corrected chi connectivity index (χ2v) is 16.1. The number of hydrogen-bond acceptors (Lipinski definition) is 9. The fourth-order valence-electron chi connectivity index (χ4n) is 5.15. The van der Waals surface area contributed by atoms with Crippen LogP contribution in [-0.2, 0) is 43.5 Å². The number of carbonyl (C=O) groups excluding carboxylic acids is 2. The quantitative estimate of drug-likeness (QED) is 0.0254. The third-order valence-corrected chi connectivity index (χ3v) is 10.7. The van der Waals surface area contributed by atoms with Crippen LogP contribution in [-0.4, -0.2) is 88.0 Å². The summed E-state index contributed by atoms with van der Waals surface area (Å²) in [6.07, 6.45) is 23.6. The summed E-state index contributed by atoms with van der Waals surface area (Å²) in [6.45, 7) is 7.02. The minimum absolute atomic E-state index is 0. The summed E-state index contributed by atoms with van der Waals surface area (Å²) in [6, 6.07) is 8.33. The van der Waals surface area contributed by atoms with Gasteiger partial charge in [-0.3, -0.25) is 18.3 Å². The van der Waals surface area contributed by atoms with Crippen LogP contribution in [0.15, 0.2) is 35.2 Å². The Balaban J connectivity index is 0. The molecule has 10 nitrogen and oxygen atoms in total. The Labute approximate surface area is 333 Å². The first-order chi connectivity index (χ1) is 24.0. The van der Waals surface area contributed by atoms with Gasteiger partial charge in [0.15, 0.2) is 5.25 Å². The molecule has 0 fully saturated rings. The summed E-state index contributed by atoms with van der Waals surface area (Å²) in [5.41, 5.74) is 0. The molecule has 0 aliphatic rings. The Morgan fingerprint density at radius 1 is 0.569 bits per heavy atom. The van der Waals surface area contributed by atoms with E-state index in [1.54, 1.807) is 30.3 Å². The Bertz CT molecular complexity index is 1180. The smallest absolute Gasteiger partial charge is 0.327 e. The third kappa shape index (κ3) is 31.1. The average Bonchev–Trinajstić information content (AvgIpc) is 3.09. The van der Waals surface area contributed by atoms with Gasteiger partial charge in [0.1, 0.15) is 0 Å². The molecule has 13 heteroatoms. The molecule has 1 N–H and O–H groups in total. The van der Waals surface area contributed by atoms with E-state index in [1.165, 1.54) is 57.8 Å². The van der Waals surface area contributed by atoms with Gasteiger partial charge in [0.05, 0.1) is 31.1 Å². The molecule has 0 heterocycles. The predicted octanol–water partition coefficient (Wildman–Crippen LogP) is 9.37. The zero-order chi connectivity index (χ0) is 37.4. The van der Waals surface area contributed by atoms with Gasteiger partial charge >= 0.3 is 11.9 Å². The molecule has 0 aliphatic carbocycles. The molecule has 0 bridgehead atoms. The van der Waals surface area contributed by atoms with Crippen LogP contribution >= 0.6 is 0 Å². The first kappa shape index (κ1) is 52.1. The standard InChI is InChI=1S/C20H38O7S.C18H30O3S.Na/c1-3-5-7-9-11-13-15-26-19(21)17-18(28(23,24)25)20(22)27-16-14-12-10-8-6-4-2;1-2-3-4-5-6-7-8-9-10-14-17-21-22(19,20)18-15-12-11-13-16-18;/h18H,3-17H2,1-2H3,(H,23,24,25);11-13,15-16H,2-10,14,17H2,1H3;. The van der Waals surface area contributed by atoms with Crippen molar-refractivity contribution in [3.8, 4) is 0 Å². The van der Waals surface area contributed by atoms with Crippen molar-refractivity contribution < 1.29 is 44.6 Å². The van der Waals surface area contributed by atoms with E-state index < -0.39 is 43.8 Å². The molecule has 0 aromatic heterocycles. The largest absolute Gasteiger partial charge is 0.466 e. The van der Waals surface area contributed by atoms with Crippen molar-refractivity contribution in [2.45, 2.75) is 179 Å². The Kier molecular flexibility index (Phi) is 35.5. The molecule has 0 amide bonds. The SMILES string of the molecule is CCCCCCCCCCCCOS(=O)(=O)c1ccccc1.CCCCCCCCOC(=O)CC(C(=O)OCCCCCCCC)S(=O)(=O)O.[Na]. The number of carbonyl (C=O) groups is 2. The number of ether oxygens (including phenoxy) is 2. The van der Waals surface area contributed by atoms with Gasteiger partial charge in [-0.1, -0.05) is 161 Å². The molecule has 293 valence electrons. The maximum Gasteiger partial charge on any atom is 0.327 e. The van der Waals surface area contributed by atoms with Gasteiger partial charge in [0.25, 0.3) is 20.2 Å². The molecule has 1 atom stereocenters. The monoisotopic (exact) mass is 771 g/mol. The van der Waals surface area contributed by atoms with Crippen molar-refractivity contribution in [2.24, 2.45) is 0 Å². The van der Waals surface area contributed by atoms with Crippen molar-refractivity contribution >= 4 is 61.7 Å². The molecule has 1 aromatic rings. The first-order valence-corrected chi connectivity index (χ1v) is 22.1. The first-order valence-electron chi connectivity index (χ1n) is 19.2. The summed E-state index contributed by atoms with van der Waals surface area (Å²) in [5, 5.41) is -1.93. The maximum atomic E-state index is 12.0. The number of benzene rings is 1. The second-order valence-electron chi connectivity index (χ2n) is 12.9. The number of esters is 2. The van der Waals surface area contributed by atoms with E-state index in [0.717, 1.165) is 70.6 Å². The van der Waals surface area contributed by atoms with Crippen molar-refractivity contribution in [2.75, 3.05) is 19.8 Å². The summed E-state index contributed by atoms with van der Waals surface area (Å²) in [4.78, 5) is 24.0. The minimum Gasteiger partial charge on any atom is -0.466 e. The second kappa shape index (κ2) is 34.7. The molecule has 51 heavy (non-hydrogen) atoms. The van der Waals surface area contributed by atoms with Crippen molar-refractivity contribution in [3.63, 3.8) is 0 Å². The van der Waals surface area contributed by atoms with E-state index in [0.29, 0.717) is 12.8 Å². The Hall–Kier alpha value is -1.02. The summed E-state index contributed by atoms with van der Waals surface area (Å²) in [7, 11) is -8.31. The van der Waals surface area contributed by atoms with Crippen LogP contribution in [0, 0.1) is 0 Å². The van der Waals surface area contributed by atoms with Gasteiger partial charge in [0.2, 0.25) is 0 Å². The van der Waals surface area contributed by atoms with Crippen LogP contribution in [0.3, 0.4) is 0 Å².